The maximum atomic E-state index is 13.3. The van der Waals surface area contributed by atoms with Gasteiger partial charge in [-0.25, -0.2) is 4.79 Å². The molecule has 0 aromatic heterocycles. The average Bonchev–Trinajstić information content (AvgIpc) is 2.88. The van der Waals surface area contributed by atoms with Crippen LogP contribution in [0.1, 0.15) is 43.5 Å². The number of benzene rings is 3. The highest BCUT2D eigenvalue weighted by molar-refractivity contribution is 6.02. The van der Waals surface area contributed by atoms with Crippen molar-refractivity contribution in [3.63, 3.8) is 0 Å². The SMILES string of the molecule is Cc1ccc(C(=O)[C@H](OC(=O)c2ccc(N3CCOCC3)c([N+](=O)[O-])c2)c2ccc(C)cc2)cc1. The van der Waals surface area contributed by atoms with Crippen molar-refractivity contribution in [3.8, 4) is 0 Å². The molecule has 0 aliphatic carbocycles. The minimum absolute atomic E-state index is 0.00234. The molecule has 1 aliphatic rings. The van der Waals surface area contributed by atoms with E-state index in [-0.39, 0.29) is 17.0 Å². The molecule has 3 aromatic rings. The largest absolute Gasteiger partial charge is 0.445 e. The fraction of sp³-hybridized carbons (Fsp3) is 0.259. The second kappa shape index (κ2) is 10.5. The van der Waals surface area contributed by atoms with E-state index < -0.39 is 17.0 Å². The van der Waals surface area contributed by atoms with Gasteiger partial charge in [0.15, 0.2) is 6.10 Å². The Morgan fingerprint density at radius 3 is 2.09 bits per heavy atom. The van der Waals surface area contributed by atoms with E-state index in [0.29, 0.717) is 43.1 Å². The lowest BCUT2D eigenvalue weighted by Gasteiger charge is -2.28. The van der Waals surface area contributed by atoms with Crippen LogP contribution in [0.25, 0.3) is 0 Å². The molecule has 1 heterocycles. The Kier molecular flexibility index (Phi) is 7.22. The number of ether oxygens (including phenoxy) is 2. The Morgan fingerprint density at radius 1 is 0.914 bits per heavy atom. The van der Waals surface area contributed by atoms with Crippen molar-refractivity contribution >= 4 is 23.1 Å². The number of hydrogen-bond acceptors (Lipinski definition) is 7. The minimum Gasteiger partial charge on any atom is -0.445 e. The summed E-state index contributed by atoms with van der Waals surface area (Å²) in [4.78, 5) is 39.6. The predicted octanol–water partition coefficient (Wildman–Crippen LogP) is 4.83. The van der Waals surface area contributed by atoms with E-state index in [1.807, 2.05) is 43.0 Å². The van der Waals surface area contributed by atoms with Gasteiger partial charge in [0.05, 0.1) is 23.7 Å². The van der Waals surface area contributed by atoms with Crippen LogP contribution in [0.15, 0.2) is 66.7 Å². The summed E-state index contributed by atoms with van der Waals surface area (Å²) in [5, 5.41) is 11.8. The Labute approximate surface area is 203 Å². The van der Waals surface area contributed by atoms with Gasteiger partial charge in [-0.05, 0) is 26.0 Å². The van der Waals surface area contributed by atoms with Gasteiger partial charge in [0.2, 0.25) is 5.78 Å². The van der Waals surface area contributed by atoms with Crippen LogP contribution in [0.4, 0.5) is 11.4 Å². The first-order valence-electron chi connectivity index (χ1n) is 11.3. The smallest absolute Gasteiger partial charge is 0.339 e. The molecule has 0 N–H and O–H groups in total. The first-order valence-corrected chi connectivity index (χ1v) is 11.3. The molecule has 0 bridgehead atoms. The number of nitrogens with zero attached hydrogens (tertiary/aromatic N) is 2. The number of anilines is 1. The van der Waals surface area contributed by atoms with Crippen molar-refractivity contribution < 1.29 is 24.0 Å². The summed E-state index contributed by atoms with van der Waals surface area (Å²) >= 11 is 0. The van der Waals surface area contributed by atoms with E-state index in [9.17, 15) is 19.7 Å². The van der Waals surface area contributed by atoms with E-state index in [1.165, 1.54) is 12.1 Å². The molecule has 1 atom stereocenters. The Morgan fingerprint density at radius 2 is 1.49 bits per heavy atom. The molecule has 0 saturated carbocycles. The van der Waals surface area contributed by atoms with Crippen LogP contribution in [0, 0.1) is 24.0 Å². The number of aryl methyl sites for hydroxylation is 2. The molecular weight excluding hydrogens is 448 g/mol. The van der Waals surface area contributed by atoms with Gasteiger partial charge in [-0.15, -0.1) is 0 Å². The summed E-state index contributed by atoms with van der Waals surface area (Å²) in [7, 11) is 0. The third-order valence-corrected chi connectivity index (χ3v) is 5.94. The van der Waals surface area contributed by atoms with Crippen molar-refractivity contribution in [2.24, 2.45) is 0 Å². The summed E-state index contributed by atoms with van der Waals surface area (Å²) in [6, 6.07) is 18.4. The van der Waals surface area contributed by atoms with Gasteiger partial charge in [-0.1, -0.05) is 59.7 Å². The highest BCUT2D eigenvalue weighted by Gasteiger charge is 2.29. The van der Waals surface area contributed by atoms with E-state index in [1.54, 1.807) is 30.3 Å². The van der Waals surface area contributed by atoms with Gasteiger partial charge < -0.3 is 14.4 Å². The fourth-order valence-electron chi connectivity index (χ4n) is 3.93. The van der Waals surface area contributed by atoms with Crippen molar-refractivity contribution in [3.05, 3.63) is 105 Å². The monoisotopic (exact) mass is 474 g/mol. The number of carbonyl (C=O) groups is 2. The van der Waals surface area contributed by atoms with Gasteiger partial charge >= 0.3 is 5.97 Å². The molecule has 0 spiro atoms. The lowest BCUT2D eigenvalue weighted by molar-refractivity contribution is -0.384. The van der Waals surface area contributed by atoms with Crippen LogP contribution < -0.4 is 4.90 Å². The van der Waals surface area contributed by atoms with Crippen molar-refractivity contribution in [2.75, 3.05) is 31.2 Å². The van der Waals surface area contributed by atoms with Gasteiger partial charge in [-0.3, -0.25) is 14.9 Å². The van der Waals surface area contributed by atoms with Crippen molar-refractivity contribution in [2.45, 2.75) is 20.0 Å². The summed E-state index contributed by atoms with van der Waals surface area (Å²) in [6.07, 6.45) is -1.19. The summed E-state index contributed by atoms with van der Waals surface area (Å²) in [5.74, 6) is -1.19. The molecular formula is C27H26N2O6. The van der Waals surface area contributed by atoms with Gasteiger partial charge in [0.25, 0.3) is 5.69 Å². The van der Waals surface area contributed by atoms with Crippen LogP contribution in [-0.2, 0) is 9.47 Å². The minimum atomic E-state index is -1.19. The summed E-state index contributed by atoms with van der Waals surface area (Å²) < 4.78 is 11.0. The molecule has 3 aromatic carbocycles. The highest BCUT2D eigenvalue weighted by atomic mass is 16.6. The van der Waals surface area contributed by atoms with Crippen LogP contribution in [0.3, 0.4) is 0 Å². The first kappa shape index (κ1) is 24.1. The molecule has 35 heavy (non-hydrogen) atoms. The molecule has 1 fully saturated rings. The number of esters is 1. The number of nitro groups is 1. The first-order chi connectivity index (χ1) is 16.8. The molecule has 8 nitrogen and oxygen atoms in total. The second-order valence-electron chi connectivity index (χ2n) is 8.49. The van der Waals surface area contributed by atoms with E-state index in [2.05, 4.69) is 0 Å². The summed E-state index contributed by atoms with van der Waals surface area (Å²) in [5.41, 5.74) is 3.15. The quantitative estimate of drug-likeness (QED) is 0.209. The second-order valence-corrected chi connectivity index (χ2v) is 8.49. The Hall–Kier alpha value is -4.04. The van der Waals surface area contributed by atoms with Crippen LogP contribution in [0.5, 0.6) is 0 Å². The zero-order valence-corrected chi connectivity index (χ0v) is 19.6. The van der Waals surface area contributed by atoms with Crippen LogP contribution in [0.2, 0.25) is 0 Å². The molecule has 0 unspecified atom stereocenters. The van der Waals surface area contributed by atoms with E-state index in [0.717, 1.165) is 11.1 Å². The number of Topliss-reactive ketones (excluding diaryl/α,β-unsaturated/α-hetero) is 1. The number of ketones is 1. The lowest BCUT2D eigenvalue weighted by atomic mass is 9.98. The maximum absolute atomic E-state index is 13.3. The van der Waals surface area contributed by atoms with Crippen LogP contribution >= 0.6 is 0 Å². The standard InChI is InChI=1S/C27H26N2O6/c1-18-3-7-20(8-4-18)25(30)26(21-9-5-19(2)6-10-21)35-27(31)22-11-12-23(24(17-22)29(32)33)28-13-15-34-16-14-28/h3-12,17,26H,13-16H2,1-2H3/t26-/m1/s1. The lowest BCUT2D eigenvalue weighted by Crippen LogP contribution is -2.36. The zero-order chi connectivity index (χ0) is 24.9. The number of hydrogen-bond donors (Lipinski definition) is 0. The molecule has 4 rings (SSSR count). The highest BCUT2D eigenvalue weighted by Crippen LogP contribution is 2.31. The predicted molar refractivity (Wildman–Crippen MR) is 131 cm³/mol. The van der Waals surface area contributed by atoms with Gasteiger partial charge in [0, 0.05) is 30.3 Å². The molecule has 1 saturated heterocycles. The fourth-order valence-corrected chi connectivity index (χ4v) is 3.93. The Bertz CT molecular complexity index is 1230. The number of rotatable bonds is 7. The van der Waals surface area contributed by atoms with Crippen LogP contribution in [-0.4, -0.2) is 43.0 Å². The molecule has 8 heteroatoms. The average molecular weight is 475 g/mol. The molecule has 1 aliphatic heterocycles. The maximum Gasteiger partial charge on any atom is 0.339 e. The normalized spacial score (nSPS) is 14.3. The van der Waals surface area contributed by atoms with Gasteiger partial charge in [-0.2, -0.15) is 0 Å². The number of carbonyl (C=O) groups excluding carboxylic acids is 2. The van der Waals surface area contributed by atoms with E-state index in [4.69, 9.17) is 9.47 Å². The zero-order valence-electron chi connectivity index (χ0n) is 19.6. The van der Waals surface area contributed by atoms with Crippen molar-refractivity contribution in [1.29, 1.82) is 0 Å². The topological polar surface area (TPSA) is 99.0 Å². The number of morpholine rings is 1. The van der Waals surface area contributed by atoms with E-state index >= 15 is 0 Å². The van der Waals surface area contributed by atoms with Gasteiger partial charge in [0.1, 0.15) is 5.69 Å². The number of nitro benzene ring substituents is 1. The van der Waals surface area contributed by atoms with Crippen molar-refractivity contribution in [1.82, 2.24) is 0 Å². The summed E-state index contributed by atoms with van der Waals surface area (Å²) in [6.45, 7) is 5.82. The molecule has 180 valence electrons. The molecule has 0 radical (unpaired) electrons. The Balaban J connectivity index is 1.64. The third kappa shape index (κ3) is 5.55. The molecule has 0 amide bonds. The third-order valence-electron chi connectivity index (χ3n) is 5.94.